The molecule has 158 valence electrons. The number of amides is 1. The first-order valence-electron chi connectivity index (χ1n) is 9.90. The predicted molar refractivity (Wildman–Crippen MR) is 109 cm³/mol. The molecule has 1 aliphatic rings. The average Bonchev–Trinajstić information content (AvgIpc) is 3.10. The summed E-state index contributed by atoms with van der Waals surface area (Å²) >= 11 is 0. The van der Waals surface area contributed by atoms with E-state index < -0.39 is 0 Å². The highest BCUT2D eigenvalue weighted by molar-refractivity contribution is 5.76. The summed E-state index contributed by atoms with van der Waals surface area (Å²) in [6.07, 6.45) is 2.38. The normalized spacial score (nSPS) is 15.7. The van der Waals surface area contributed by atoms with Gasteiger partial charge in [-0.2, -0.15) is 5.10 Å². The molecule has 0 aliphatic carbocycles. The first-order chi connectivity index (χ1) is 14.0. The summed E-state index contributed by atoms with van der Waals surface area (Å²) in [6, 6.07) is 5.57. The second-order valence-electron chi connectivity index (χ2n) is 7.29. The summed E-state index contributed by atoms with van der Waals surface area (Å²) in [5.41, 5.74) is 7.05. The molecule has 0 bridgehead atoms. The topological polar surface area (TPSA) is 116 Å². The molecule has 9 heteroatoms. The third-order valence-electron chi connectivity index (χ3n) is 4.96. The summed E-state index contributed by atoms with van der Waals surface area (Å²) in [5.74, 6) is 2.46. The van der Waals surface area contributed by atoms with Gasteiger partial charge in [0.2, 0.25) is 5.91 Å². The van der Waals surface area contributed by atoms with Crippen molar-refractivity contribution in [2.24, 2.45) is 5.73 Å². The highest BCUT2D eigenvalue weighted by Gasteiger charge is 2.19. The lowest BCUT2D eigenvalue weighted by Gasteiger charge is -2.23. The van der Waals surface area contributed by atoms with Crippen molar-refractivity contribution < 1.29 is 14.3 Å². The van der Waals surface area contributed by atoms with Gasteiger partial charge < -0.3 is 25.8 Å². The minimum Gasteiger partial charge on any atom is -0.493 e. The highest BCUT2D eigenvalue weighted by Crippen LogP contribution is 2.28. The molecule has 29 heavy (non-hydrogen) atoms. The minimum absolute atomic E-state index is 0.0682. The molecule has 9 nitrogen and oxygen atoms in total. The summed E-state index contributed by atoms with van der Waals surface area (Å²) in [7, 11) is 3.20. The van der Waals surface area contributed by atoms with Gasteiger partial charge in [-0.1, -0.05) is 6.07 Å². The third-order valence-corrected chi connectivity index (χ3v) is 4.96. The maximum absolute atomic E-state index is 12.5. The molecule has 0 spiro atoms. The number of hydrogen-bond donors (Lipinski definition) is 3. The van der Waals surface area contributed by atoms with E-state index in [1.54, 1.807) is 18.9 Å². The Morgan fingerprint density at radius 2 is 2.03 bits per heavy atom. The van der Waals surface area contributed by atoms with Gasteiger partial charge in [0.05, 0.1) is 20.3 Å². The van der Waals surface area contributed by atoms with Crippen LogP contribution < -0.4 is 25.8 Å². The number of rotatable bonds is 8. The fourth-order valence-electron chi connectivity index (χ4n) is 3.48. The van der Waals surface area contributed by atoms with E-state index in [1.807, 2.05) is 25.1 Å². The van der Waals surface area contributed by atoms with Crippen LogP contribution in [0.4, 0.5) is 0 Å². The van der Waals surface area contributed by atoms with E-state index in [9.17, 15) is 4.79 Å². The van der Waals surface area contributed by atoms with Crippen LogP contribution in [0, 0.1) is 0 Å². The van der Waals surface area contributed by atoms with Gasteiger partial charge in [0.1, 0.15) is 12.4 Å². The van der Waals surface area contributed by atoms with Crippen molar-refractivity contribution in [3.8, 4) is 11.5 Å². The molecule has 0 saturated carbocycles. The third kappa shape index (κ3) is 5.45. The average molecular weight is 402 g/mol. The van der Waals surface area contributed by atoms with E-state index in [4.69, 9.17) is 15.2 Å². The van der Waals surface area contributed by atoms with Crippen LogP contribution in [0.1, 0.15) is 43.0 Å². The number of carbonyl (C=O) groups is 1. The Labute approximate surface area is 171 Å². The van der Waals surface area contributed by atoms with Crippen LogP contribution in [-0.4, -0.2) is 54.0 Å². The maximum atomic E-state index is 12.5. The van der Waals surface area contributed by atoms with Crippen molar-refractivity contribution in [1.82, 2.24) is 25.4 Å². The van der Waals surface area contributed by atoms with Crippen LogP contribution in [0.3, 0.4) is 0 Å². The van der Waals surface area contributed by atoms with Crippen LogP contribution in [0.2, 0.25) is 0 Å². The van der Waals surface area contributed by atoms with Crippen molar-refractivity contribution in [1.29, 1.82) is 0 Å². The summed E-state index contributed by atoms with van der Waals surface area (Å²) in [5, 5.41) is 10.9. The molecule has 2 aromatic rings. The number of ether oxygens (including phenoxy) is 2. The Balaban J connectivity index is 1.71. The molecule has 3 rings (SSSR count). The summed E-state index contributed by atoms with van der Waals surface area (Å²) in [4.78, 5) is 17.1. The highest BCUT2D eigenvalue weighted by atomic mass is 16.5. The standard InChI is InChI=1S/C20H30N6O3/c1-13(21)20-24-18(11-14-4-5-16(28-2)17(10-14)29-3)25-26(20)12-19(27)23-15-6-8-22-9-7-15/h4-5,10,13,15,22H,6-9,11-12,21H2,1-3H3,(H,23,27)/t13-/m1/s1. The van der Waals surface area contributed by atoms with E-state index in [0.717, 1.165) is 31.5 Å². The number of carbonyl (C=O) groups excluding carboxylic acids is 1. The zero-order valence-corrected chi connectivity index (χ0v) is 17.3. The largest absolute Gasteiger partial charge is 0.493 e. The second kappa shape index (κ2) is 9.71. The number of piperidine rings is 1. The molecule has 4 N–H and O–H groups in total. The van der Waals surface area contributed by atoms with Crippen molar-refractivity contribution in [2.45, 2.75) is 44.8 Å². The van der Waals surface area contributed by atoms with Gasteiger partial charge in [-0.15, -0.1) is 0 Å². The number of benzene rings is 1. The lowest BCUT2D eigenvalue weighted by molar-refractivity contribution is -0.122. The molecule has 0 radical (unpaired) electrons. The zero-order chi connectivity index (χ0) is 20.8. The number of methoxy groups -OCH3 is 2. The minimum atomic E-state index is -0.326. The summed E-state index contributed by atoms with van der Waals surface area (Å²) < 4.78 is 12.2. The molecule has 1 amide bonds. The Morgan fingerprint density at radius 1 is 1.31 bits per heavy atom. The van der Waals surface area contributed by atoms with Crippen molar-refractivity contribution in [2.75, 3.05) is 27.3 Å². The van der Waals surface area contributed by atoms with Gasteiger partial charge in [0.15, 0.2) is 17.3 Å². The molecular weight excluding hydrogens is 372 g/mol. The monoisotopic (exact) mass is 402 g/mol. The van der Waals surface area contributed by atoms with Crippen molar-refractivity contribution >= 4 is 5.91 Å². The Morgan fingerprint density at radius 3 is 2.69 bits per heavy atom. The Hall–Kier alpha value is -2.65. The molecule has 1 aliphatic heterocycles. The first-order valence-corrected chi connectivity index (χ1v) is 9.90. The molecule has 1 aromatic carbocycles. The lowest BCUT2D eigenvalue weighted by atomic mass is 10.1. The number of hydrogen-bond acceptors (Lipinski definition) is 7. The van der Waals surface area contributed by atoms with Crippen molar-refractivity contribution in [3.05, 3.63) is 35.4 Å². The fraction of sp³-hybridized carbons (Fsp3) is 0.550. The SMILES string of the molecule is COc1ccc(Cc2nc([C@@H](C)N)n(CC(=O)NC3CCNCC3)n2)cc1OC. The quantitative estimate of drug-likeness (QED) is 0.597. The molecule has 1 fully saturated rings. The lowest BCUT2D eigenvalue weighted by Crippen LogP contribution is -2.44. The molecule has 1 atom stereocenters. The fourth-order valence-corrected chi connectivity index (χ4v) is 3.48. The predicted octanol–water partition coefficient (Wildman–Crippen LogP) is 0.774. The van der Waals surface area contributed by atoms with Gasteiger partial charge in [0.25, 0.3) is 0 Å². The van der Waals surface area contributed by atoms with Crippen LogP contribution in [-0.2, 0) is 17.8 Å². The van der Waals surface area contributed by atoms with Gasteiger partial charge in [0, 0.05) is 12.5 Å². The molecule has 1 aromatic heterocycles. The first kappa shape index (κ1) is 21.1. The number of nitrogens with zero attached hydrogens (tertiary/aromatic N) is 3. The Kier molecular flexibility index (Phi) is 7.05. The van der Waals surface area contributed by atoms with Crippen molar-refractivity contribution in [3.63, 3.8) is 0 Å². The van der Waals surface area contributed by atoms with E-state index >= 15 is 0 Å². The van der Waals surface area contributed by atoms with E-state index in [-0.39, 0.29) is 24.5 Å². The number of nitrogens with two attached hydrogens (primary N) is 1. The van der Waals surface area contributed by atoms with Gasteiger partial charge in [-0.3, -0.25) is 4.79 Å². The summed E-state index contributed by atoms with van der Waals surface area (Å²) in [6.45, 7) is 3.80. The van der Waals surface area contributed by atoms with Crippen LogP contribution in [0.15, 0.2) is 18.2 Å². The molecule has 0 unspecified atom stereocenters. The van der Waals surface area contributed by atoms with Gasteiger partial charge in [-0.25, -0.2) is 9.67 Å². The molecule has 1 saturated heterocycles. The molecular formula is C20H30N6O3. The van der Waals surface area contributed by atoms with Gasteiger partial charge >= 0.3 is 0 Å². The molecule has 2 heterocycles. The van der Waals surface area contributed by atoms with E-state index in [0.29, 0.717) is 29.6 Å². The number of aromatic nitrogens is 3. The zero-order valence-electron chi connectivity index (χ0n) is 17.3. The maximum Gasteiger partial charge on any atom is 0.242 e. The Bertz CT molecular complexity index is 830. The van der Waals surface area contributed by atoms with E-state index in [1.165, 1.54) is 0 Å². The van der Waals surface area contributed by atoms with Crippen LogP contribution in [0.25, 0.3) is 0 Å². The van der Waals surface area contributed by atoms with Crippen LogP contribution >= 0.6 is 0 Å². The second-order valence-corrected chi connectivity index (χ2v) is 7.29. The van der Waals surface area contributed by atoms with Gasteiger partial charge in [-0.05, 0) is 50.6 Å². The number of nitrogens with one attached hydrogen (secondary N) is 2. The smallest absolute Gasteiger partial charge is 0.242 e. The van der Waals surface area contributed by atoms with Crippen LogP contribution in [0.5, 0.6) is 11.5 Å². The van der Waals surface area contributed by atoms with E-state index in [2.05, 4.69) is 20.7 Å².